The van der Waals surface area contributed by atoms with E-state index in [4.69, 9.17) is 22.4 Å². The van der Waals surface area contributed by atoms with Gasteiger partial charge in [-0.25, -0.2) is 9.48 Å². The number of halogens is 1. The minimum absolute atomic E-state index is 0.0276. The van der Waals surface area contributed by atoms with Crippen molar-refractivity contribution < 1.29 is 14.7 Å². The van der Waals surface area contributed by atoms with Gasteiger partial charge in [-0.3, -0.25) is 4.79 Å². The summed E-state index contributed by atoms with van der Waals surface area (Å²) < 4.78 is 1.12. The molecule has 0 saturated carbocycles. The first-order chi connectivity index (χ1) is 9.45. The van der Waals surface area contributed by atoms with E-state index in [9.17, 15) is 9.59 Å². The minimum Gasteiger partial charge on any atom is -0.480 e. The van der Waals surface area contributed by atoms with Crippen LogP contribution in [0.4, 0.5) is 5.82 Å². The van der Waals surface area contributed by atoms with E-state index in [1.54, 1.807) is 24.3 Å². The highest BCUT2D eigenvalue weighted by Crippen LogP contribution is 2.28. The summed E-state index contributed by atoms with van der Waals surface area (Å²) >= 11 is 5.80. The number of hydrogen-bond donors (Lipinski definition) is 2. The third kappa shape index (κ3) is 2.37. The number of hydrogen-bond acceptors (Lipinski definition) is 4. The van der Waals surface area contributed by atoms with Crippen molar-refractivity contribution in [3.8, 4) is 11.3 Å². The fourth-order valence-electron chi connectivity index (χ4n) is 1.80. The zero-order valence-corrected chi connectivity index (χ0v) is 11.3. The molecule has 1 atom stereocenters. The normalized spacial score (nSPS) is 12.1. The van der Waals surface area contributed by atoms with Gasteiger partial charge in [0.25, 0.3) is 0 Å². The van der Waals surface area contributed by atoms with Crippen molar-refractivity contribution in [3.63, 3.8) is 0 Å². The Morgan fingerprint density at radius 3 is 2.55 bits per heavy atom. The van der Waals surface area contributed by atoms with Crippen LogP contribution in [-0.4, -0.2) is 27.1 Å². The van der Waals surface area contributed by atoms with Crippen molar-refractivity contribution in [1.29, 1.82) is 0 Å². The molecule has 0 saturated heterocycles. The van der Waals surface area contributed by atoms with Crippen LogP contribution >= 0.6 is 11.6 Å². The summed E-state index contributed by atoms with van der Waals surface area (Å²) in [6.07, 6.45) is 0.567. The Bertz CT molecular complexity index is 664. The number of nitrogens with zero attached hydrogens (tertiary/aromatic N) is 2. The highest BCUT2D eigenvalue weighted by atomic mass is 35.5. The molecular weight excluding hydrogens is 282 g/mol. The van der Waals surface area contributed by atoms with Gasteiger partial charge in [0, 0.05) is 10.6 Å². The summed E-state index contributed by atoms with van der Waals surface area (Å²) in [7, 11) is 0. The standard InChI is InChI=1S/C13H12ClN3O3/c1-7(13(19)20)17-12(15)10(6-18)11(16-17)8-2-4-9(14)5-3-8/h2-7H,15H2,1H3,(H,19,20). The molecule has 0 amide bonds. The average Bonchev–Trinajstić information content (AvgIpc) is 2.75. The number of aldehydes is 1. The number of benzene rings is 1. The molecule has 0 radical (unpaired) electrons. The largest absolute Gasteiger partial charge is 0.480 e. The van der Waals surface area contributed by atoms with E-state index in [0.29, 0.717) is 22.6 Å². The summed E-state index contributed by atoms with van der Waals surface area (Å²) in [6.45, 7) is 1.44. The van der Waals surface area contributed by atoms with Gasteiger partial charge >= 0.3 is 5.97 Å². The molecule has 1 aromatic heterocycles. The Morgan fingerprint density at radius 2 is 2.05 bits per heavy atom. The summed E-state index contributed by atoms with van der Waals surface area (Å²) in [6, 6.07) is 5.72. The lowest BCUT2D eigenvalue weighted by Crippen LogP contribution is -2.18. The van der Waals surface area contributed by atoms with Gasteiger partial charge in [0.05, 0.1) is 5.56 Å². The van der Waals surface area contributed by atoms with Crippen molar-refractivity contribution in [2.45, 2.75) is 13.0 Å². The van der Waals surface area contributed by atoms with Crippen LogP contribution in [0.25, 0.3) is 11.3 Å². The fraction of sp³-hybridized carbons (Fsp3) is 0.154. The Hall–Kier alpha value is -2.34. The number of aliphatic carboxylic acids is 1. The van der Waals surface area contributed by atoms with Crippen molar-refractivity contribution in [3.05, 3.63) is 34.9 Å². The maximum absolute atomic E-state index is 11.2. The second-order valence-corrected chi connectivity index (χ2v) is 4.67. The number of nitrogens with two attached hydrogens (primary N) is 1. The molecule has 0 bridgehead atoms. The summed E-state index contributed by atoms with van der Waals surface area (Å²) in [5, 5.41) is 13.7. The monoisotopic (exact) mass is 293 g/mol. The molecule has 104 valence electrons. The zero-order valence-electron chi connectivity index (χ0n) is 10.6. The van der Waals surface area contributed by atoms with Gasteiger partial charge in [-0.05, 0) is 19.1 Å². The molecule has 0 fully saturated rings. The molecule has 1 aromatic carbocycles. The van der Waals surface area contributed by atoms with E-state index in [0.717, 1.165) is 4.68 Å². The highest BCUT2D eigenvalue weighted by Gasteiger charge is 2.23. The lowest BCUT2D eigenvalue weighted by Gasteiger charge is -2.08. The van der Waals surface area contributed by atoms with Crippen molar-refractivity contribution in [2.75, 3.05) is 5.73 Å². The van der Waals surface area contributed by atoms with E-state index in [-0.39, 0.29) is 11.4 Å². The Morgan fingerprint density at radius 1 is 1.45 bits per heavy atom. The lowest BCUT2D eigenvalue weighted by atomic mass is 10.1. The van der Waals surface area contributed by atoms with Crippen molar-refractivity contribution >= 4 is 29.7 Å². The first-order valence-corrected chi connectivity index (χ1v) is 6.15. The van der Waals surface area contributed by atoms with Gasteiger partial charge in [0.2, 0.25) is 0 Å². The minimum atomic E-state index is -1.08. The van der Waals surface area contributed by atoms with Gasteiger partial charge in [-0.15, -0.1) is 0 Å². The summed E-state index contributed by atoms with van der Waals surface area (Å²) in [5.41, 5.74) is 6.94. The highest BCUT2D eigenvalue weighted by molar-refractivity contribution is 6.30. The Labute approximate surface area is 119 Å². The van der Waals surface area contributed by atoms with Gasteiger partial charge < -0.3 is 10.8 Å². The molecule has 20 heavy (non-hydrogen) atoms. The number of carboxylic acids is 1. The van der Waals surface area contributed by atoms with Gasteiger partial charge in [0.1, 0.15) is 17.6 Å². The number of nitrogen functional groups attached to an aromatic ring is 1. The molecule has 2 rings (SSSR count). The molecule has 0 spiro atoms. The number of carbonyl (C=O) groups excluding carboxylic acids is 1. The van der Waals surface area contributed by atoms with Crippen LogP contribution in [0.3, 0.4) is 0 Å². The summed E-state index contributed by atoms with van der Waals surface area (Å²) in [5.74, 6) is -1.06. The van der Waals surface area contributed by atoms with E-state index < -0.39 is 12.0 Å². The van der Waals surface area contributed by atoms with E-state index in [2.05, 4.69) is 5.10 Å². The molecule has 7 heteroatoms. The third-order valence-electron chi connectivity index (χ3n) is 2.95. The fourth-order valence-corrected chi connectivity index (χ4v) is 1.92. The Kier molecular flexibility index (Phi) is 3.76. The smallest absolute Gasteiger partial charge is 0.328 e. The van der Waals surface area contributed by atoms with Gasteiger partial charge in [-0.2, -0.15) is 5.10 Å². The molecule has 0 aliphatic rings. The Balaban J connectivity index is 2.59. The van der Waals surface area contributed by atoms with E-state index >= 15 is 0 Å². The van der Waals surface area contributed by atoms with Crippen LogP contribution in [0.5, 0.6) is 0 Å². The van der Waals surface area contributed by atoms with Crippen LogP contribution in [-0.2, 0) is 4.79 Å². The molecular formula is C13H12ClN3O3. The van der Waals surface area contributed by atoms with Gasteiger partial charge in [-0.1, -0.05) is 23.7 Å². The molecule has 1 unspecified atom stereocenters. The summed E-state index contributed by atoms with van der Waals surface area (Å²) in [4.78, 5) is 22.2. The second-order valence-electron chi connectivity index (χ2n) is 4.23. The van der Waals surface area contributed by atoms with E-state index in [1.807, 2.05) is 0 Å². The van der Waals surface area contributed by atoms with Crippen LogP contribution in [0.2, 0.25) is 5.02 Å². The second kappa shape index (κ2) is 5.34. The topological polar surface area (TPSA) is 98.2 Å². The first-order valence-electron chi connectivity index (χ1n) is 5.77. The van der Waals surface area contributed by atoms with Crippen molar-refractivity contribution in [2.24, 2.45) is 0 Å². The quantitative estimate of drug-likeness (QED) is 0.842. The van der Waals surface area contributed by atoms with Crippen LogP contribution < -0.4 is 5.73 Å². The zero-order chi connectivity index (χ0) is 14.9. The van der Waals surface area contributed by atoms with Gasteiger partial charge in [0.15, 0.2) is 6.29 Å². The van der Waals surface area contributed by atoms with Crippen LogP contribution in [0, 0.1) is 0 Å². The van der Waals surface area contributed by atoms with Crippen LogP contribution in [0.15, 0.2) is 24.3 Å². The van der Waals surface area contributed by atoms with Crippen LogP contribution in [0.1, 0.15) is 23.3 Å². The predicted molar refractivity (Wildman–Crippen MR) is 74.8 cm³/mol. The lowest BCUT2D eigenvalue weighted by molar-refractivity contribution is -0.140. The molecule has 6 nitrogen and oxygen atoms in total. The number of carbonyl (C=O) groups is 2. The molecule has 1 heterocycles. The molecule has 2 aromatic rings. The maximum atomic E-state index is 11.2. The third-order valence-corrected chi connectivity index (χ3v) is 3.20. The average molecular weight is 294 g/mol. The first kappa shape index (κ1) is 14.1. The SMILES string of the molecule is CC(C(=O)O)n1nc(-c2ccc(Cl)cc2)c(C=O)c1N. The molecule has 0 aliphatic carbocycles. The maximum Gasteiger partial charge on any atom is 0.328 e. The number of aromatic nitrogens is 2. The number of carboxylic acid groups (broad SMARTS) is 1. The van der Waals surface area contributed by atoms with Crippen molar-refractivity contribution in [1.82, 2.24) is 9.78 Å². The van der Waals surface area contributed by atoms with E-state index in [1.165, 1.54) is 6.92 Å². The molecule has 3 N–H and O–H groups in total. The number of rotatable bonds is 4. The number of anilines is 1. The predicted octanol–water partition coefficient (Wildman–Crippen LogP) is 2.24. The molecule has 0 aliphatic heterocycles.